The van der Waals surface area contributed by atoms with Crippen LogP contribution in [0.25, 0.3) is 10.9 Å². The number of hydrogen-bond acceptors (Lipinski definition) is 2. The molecule has 20 heavy (non-hydrogen) atoms. The third kappa shape index (κ3) is 2.45. The second kappa shape index (κ2) is 5.47. The molecule has 0 aliphatic rings. The highest BCUT2D eigenvalue weighted by Gasteiger charge is 2.08. The minimum absolute atomic E-state index is 0.153. The predicted molar refractivity (Wildman–Crippen MR) is 77.5 cm³/mol. The van der Waals surface area contributed by atoms with Crippen LogP contribution < -0.4 is 4.74 Å². The fourth-order valence-electron chi connectivity index (χ4n) is 2.00. The number of pyridine rings is 1. The van der Waals surface area contributed by atoms with E-state index >= 15 is 0 Å². The lowest BCUT2D eigenvalue weighted by molar-refractivity contribution is 0.303. The molecule has 0 amide bonds. The van der Waals surface area contributed by atoms with E-state index in [0.29, 0.717) is 21.9 Å². The quantitative estimate of drug-likeness (QED) is 0.702. The molecular formula is C16H11ClFNO. The Balaban J connectivity index is 1.92. The molecule has 0 unspecified atom stereocenters. The van der Waals surface area contributed by atoms with Gasteiger partial charge >= 0.3 is 0 Å². The van der Waals surface area contributed by atoms with Crippen molar-refractivity contribution >= 4 is 22.5 Å². The van der Waals surface area contributed by atoms with Gasteiger partial charge in [0.15, 0.2) is 0 Å². The molecule has 0 radical (unpaired) electrons. The van der Waals surface area contributed by atoms with Crippen molar-refractivity contribution in [3.8, 4) is 5.75 Å². The molecule has 0 spiro atoms. The molecule has 0 saturated carbocycles. The summed E-state index contributed by atoms with van der Waals surface area (Å²) in [5, 5.41) is 1.44. The van der Waals surface area contributed by atoms with E-state index < -0.39 is 0 Å². The molecule has 1 heterocycles. The van der Waals surface area contributed by atoms with Crippen LogP contribution in [0.3, 0.4) is 0 Å². The van der Waals surface area contributed by atoms with Crippen molar-refractivity contribution in [3.05, 3.63) is 71.1 Å². The molecule has 1 aromatic heterocycles. The summed E-state index contributed by atoms with van der Waals surface area (Å²) in [6, 6.07) is 13.7. The SMILES string of the molecule is Fc1ccccc1COc1ccc(Cl)c2cccnc12. The molecule has 0 aliphatic heterocycles. The van der Waals surface area contributed by atoms with Crippen molar-refractivity contribution in [2.45, 2.75) is 6.61 Å². The molecule has 2 nitrogen and oxygen atoms in total. The molecule has 0 saturated heterocycles. The van der Waals surface area contributed by atoms with Crippen molar-refractivity contribution in [2.24, 2.45) is 0 Å². The number of fused-ring (bicyclic) bond motifs is 1. The number of aromatic nitrogens is 1. The number of hydrogen-bond donors (Lipinski definition) is 0. The first kappa shape index (κ1) is 12.9. The molecule has 0 fully saturated rings. The summed E-state index contributed by atoms with van der Waals surface area (Å²) in [6.45, 7) is 0.153. The van der Waals surface area contributed by atoms with Crippen molar-refractivity contribution in [1.82, 2.24) is 4.98 Å². The number of benzene rings is 2. The maximum Gasteiger partial charge on any atom is 0.146 e. The van der Waals surface area contributed by atoms with E-state index in [1.165, 1.54) is 6.07 Å². The Morgan fingerprint density at radius 2 is 1.90 bits per heavy atom. The number of rotatable bonds is 3. The summed E-state index contributed by atoms with van der Waals surface area (Å²) >= 11 is 6.12. The van der Waals surface area contributed by atoms with Crippen molar-refractivity contribution < 1.29 is 9.13 Å². The normalized spacial score (nSPS) is 10.7. The van der Waals surface area contributed by atoms with Crippen LogP contribution in [0, 0.1) is 5.82 Å². The summed E-state index contributed by atoms with van der Waals surface area (Å²) in [6.07, 6.45) is 1.68. The molecule has 3 aromatic rings. The maximum absolute atomic E-state index is 13.6. The van der Waals surface area contributed by atoms with Gasteiger partial charge in [0.25, 0.3) is 0 Å². The summed E-state index contributed by atoms with van der Waals surface area (Å²) in [7, 11) is 0. The van der Waals surface area contributed by atoms with Crippen LogP contribution in [-0.4, -0.2) is 4.98 Å². The zero-order valence-electron chi connectivity index (χ0n) is 10.5. The Bertz CT molecular complexity index is 760. The Morgan fingerprint density at radius 3 is 2.75 bits per heavy atom. The number of halogens is 2. The monoisotopic (exact) mass is 287 g/mol. The lowest BCUT2D eigenvalue weighted by Crippen LogP contribution is -1.99. The average Bonchev–Trinajstić information content (AvgIpc) is 2.48. The summed E-state index contributed by atoms with van der Waals surface area (Å²) in [5.41, 5.74) is 1.18. The average molecular weight is 288 g/mol. The lowest BCUT2D eigenvalue weighted by atomic mass is 10.2. The highest BCUT2D eigenvalue weighted by molar-refractivity contribution is 6.35. The smallest absolute Gasteiger partial charge is 0.146 e. The van der Waals surface area contributed by atoms with E-state index in [0.717, 1.165) is 5.39 Å². The first-order valence-electron chi connectivity index (χ1n) is 6.15. The molecule has 100 valence electrons. The Hall–Kier alpha value is -2.13. The minimum atomic E-state index is -0.279. The molecule has 3 rings (SSSR count). The predicted octanol–water partition coefficient (Wildman–Crippen LogP) is 4.61. The van der Waals surface area contributed by atoms with Crippen LogP contribution in [0.15, 0.2) is 54.7 Å². The van der Waals surface area contributed by atoms with Crippen molar-refractivity contribution in [1.29, 1.82) is 0 Å². The molecule has 0 bridgehead atoms. The van der Waals surface area contributed by atoms with Crippen LogP contribution in [0.4, 0.5) is 4.39 Å². The van der Waals surface area contributed by atoms with Crippen LogP contribution in [0.5, 0.6) is 5.75 Å². The van der Waals surface area contributed by atoms with E-state index in [4.69, 9.17) is 16.3 Å². The highest BCUT2D eigenvalue weighted by Crippen LogP contribution is 2.30. The van der Waals surface area contributed by atoms with Gasteiger partial charge in [0, 0.05) is 17.1 Å². The standard InChI is InChI=1S/C16H11ClFNO/c17-13-7-8-15(16-12(13)5-3-9-19-16)20-10-11-4-1-2-6-14(11)18/h1-9H,10H2. The van der Waals surface area contributed by atoms with Gasteiger partial charge in [0.05, 0.1) is 5.02 Å². The van der Waals surface area contributed by atoms with E-state index in [2.05, 4.69) is 4.98 Å². The second-order valence-electron chi connectivity index (χ2n) is 4.33. The van der Waals surface area contributed by atoms with Crippen LogP contribution >= 0.6 is 11.6 Å². The number of nitrogens with zero attached hydrogens (tertiary/aromatic N) is 1. The van der Waals surface area contributed by atoms with Gasteiger partial charge < -0.3 is 4.74 Å². The molecule has 0 aliphatic carbocycles. The lowest BCUT2D eigenvalue weighted by Gasteiger charge is -2.10. The maximum atomic E-state index is 13.6. The van der Waals surface area contributed by atoms with Gasteiger partial charge in [-0.1, -0.05) is 29.8 Å². The van der Waals surface area contributed by atoms with Gasteiger partial charge in [0.2, 0.25) is 0 Å². The molecular weight excluding hydrogens is 277 g/mol. The largest absolute Gasteiger partial charge is 0.487 e. The Labute approximate surface area is 120 Å². The van der Waals surface area contributed by atoms with Crippen LogP contribution in [0.2, 0.25) is 5.02 Å². The molecule has 0 atom stereocenters. The third-order valence-corrected chi connectivity index (χ3v) is 3.35. The van der Waals surface area contributed by atoms with E-state index in [1.54, 1.807) is 36.5 Å². The molecule has 2 aromatic carbocycles. The zero-order chi connectivity index (χ0) is 13.9. The topological polar surface area (TPSA) is 22.1 Å². The van der Waals surface area contributed by atoms with Crippen molar-refractivity contribution in [3.63, 3.8) is 0 Å². The summed E-state index contributed by atoms with van der Waals surface area (Å²) in [5.74, 6) is 0.312. The second-order valence-corrected chi connectivity index (χ2v) is 4.73. The summed E-state index contributed by atoms with van der Waals surface area (Å²) in [4.78, 5) is 4.27. The fourth-order valence-corrected chi connectivity index (χ4v) is 2.21. The first-order valence-corrected chi connectivity index (χ1v) is 6.53. The summed E-state index contributed by atoms with van der Waals surface area (Å²) < 4.78 is 19.2. The van der Waals surface area contributed by atoms with E-state index in [9.17, 15) is 4.39 Å². The molecule has 4 heteroatoms. The van der Waals surface area contributed by atoms with Gasteiger partial charge in [-0.3, -0.25) is 4.98 Å². The van der Waals surface area contributed by atoms with E-state index in [-0.39, 0.29) is 12.4 Å². The van der Waals surface area contributed by atoms with Gasteiger partial charge in [-0.05, 0) is 30.3 Å². The van der Waals surface area contributed by atoms with Gasteiger partial charge in [-0.15, -0.1) is 0 Å². The highest BCUT2D eigenvalue weighted by atomic mass is 35.5. The van der Waals surface area contributed by atoms with Gasteiger partial charge in [-0.2, -0.15) is 0 Å². The first-order chi connectivity index (χ1) is 9.75. The van der Waals surface area contributed by atoms with Gasteiger partial charge in [-0.25, -0.2) is 4.39 Å². The van der Waals surface area contributed by atoms with E-state index in [1.807, 2.05) is 12.1 Å². The fraction of sp³-hybridized carbons (Fsp3) is 0.0625. The Morgan fingerprint density at radius 1 is 1.05 bits per heavy atom. The minimum Gasteiger partial charge on any atom is -0.487 e. The molecule has 0 N–H and O–H groups in total. The zero-order valence-corrected chi connectivity index (χ0v) is 11.3. The third-order valence-electron chi connectivity index (χ3n) is 3.02. The van der Waals surface area contributed by atoms with Crippen molar-refractivity contribution in [2.75, 3.05) is 0 Å². The van der Waals surface area contributed by atoms with Gasteiger partial charge in [0.1, 0.15) is 23.7 Å². The number of ether oxygens (including phenoxy) is 1. The Kier molecular flexibility index (Phi) is 3.52. The van der Waals surface area contributed by atoms with Crippen LogP contribution in [-0.2, 0) is 6.61 Å². The van der Waals surface area contributed by atoms with Crippen LogP contribution in [0.1, 0.15) is 5.56 Å².